The van der Waals surface area contributed by atoms with E-state index in [0.717, 1.165) is 25.5 Å². The van der Waals surface area contributed by atoms with Crippen molar-refractivity contribution in [2.45, 2.75) is 105 Å². The van der Waals surface area contributed by atoms with Crippen LogP contribution in [-0.4, -0.2) is 97.7 Å². The summed E-state index contributed by atoms with van der Waals surface area (Å²) in [4.78, 5) is 67.5. The fourth-order valence-electron chi connectivity index (χ4n) is 6.76. The number of hydrogen-bond acceptors (Lipinski definition) is 7. The predicted octanol–water partition coefficient (Wildman–Crippen LogP) is 1.22. The number of Topliss-reactive ketones (excluding diaryl/α,β-unsaturated/α-hetero) is 1. The molecule has 0 aromatic rings. The quantitative estimate of drug-likeness (QED) is 0.203. The van der Waals surface area contributed by atoms with E-state index in [2.05, 4.69) is 16.0 Å². The molecule has 0 radical (unpaired) electrons. The van der Waals surface area contributed by atoms with Crippen LogP contribution in [0.3, 0.4) is 0 Å². The first kappa shape index (κ1) is 36.7. The van der Waals surface area contributed by atoms with Gasteiger partial charge in [0, 0.05) is 26.2 Å². The van der Waals surface area contributed by atoms with Crippen molar-refractivity contribution in [3.8, 4) is 0 Å². The van der Waals surface area contributed by atoms with Gasteiger partial charge in [0.1, 0.15) is 12.1 Å². The number of likely N-dealkylation sites (N-methyl/N-ethyl adjacent to an activating group) is 1. The maximum atomic E-state index is 14.2. The molecule has 1 saturated heterocycles. The zero-order valence-electron chi connectivity index (χ0n) is 28.3. The summed E-state index contributed by atoms with van der Waals surface area (Å²) in [6, 6.07) is -4.08. The summed E-state index contributed by atoms with van der Waals surface area (Å²) in [7, 11) is -2.03. The molecule has 2 aliphatic carbocycles. The Morgan fingerprint density at radius 3 is 2.13 bits per heavy atom. The van der Waals surface area contributed by atoms with Gasteiger partial charge in [-0.25, -0.2) is 17.5 Å². The number of sulfonamides is 1. The second-order valence-electron chi connectivity index (χ2n) is 15.2. The van der Waals surface area contributed by atoms with Gasteiger partial charge in [-0.2, -0.15) is 0 Å². The monoisotopic (exact) mass is 654 g/mol. The summed E-state index contributed by atoms with van der Waals surface area (Å²) in [5.74, 6) is -2.81. The summed E-state index contributed by atoms with van der Waals surface area (Å²) in [6.45, 7) is 13.8. The fourth-order valence-corrected chi connectivity index (χ4v) is 7.19. The molecule has 45 heavy (non-hydrogen) atoms. The highest BCUT2D eigenvalue weighted by Crippen LogP contribution is 2.65. The second-order valence-corrected chi connectivity index (χ2v) is 17.3. The van der Waals surface area contributed by atoms with Crippen LogP contribution in [0, 0.1) is 34.5 Å². The Balaban J connectivity index is 1.82. The van der Waals surface area contributed by atoms with Crippen molar-refractivity contribution in [3.63, 3.8) is 0 Å². The number of piperidine rings is 1. The molecule has 3 rings (SSSR count). The van der Waals surface area contributed by atoms with Crippen molar-refractivity contribution in [1.82, 2.24) is 25.2 Å². The first-order chi connectivity index (χ1) is 20.6. The van der Waals surface area contributed by atoms with Crippen LogP contribution < -0.4 is 21.7 Å². The predicted molar refractivity (Wildman–Crippen MR) is 170 cm³/mol. The topological polar surface area (TPSA) is 188 Å². The molecule has 14 heteroatoms. The number of primary amides is 1. The van der Waals surface area contributed by atoms with Gasteiger partial charge < -0.3 is 26.6 Å². The molecule has 0 bridgehead atoms. The lowest BCUT2D eigenvalue weighted by Gasteiger charge is -2.38. The number of amides is 5. The number of urea groups is 1. The van der Waals surface area contributed by atoms with E-state index in [0.29, 0.717) is 19.4 Å². The molecule has 5 N–H and O–H groups in total. The van der Waals surface area contributed by atoms with E-state index in [1.54, 1.807) is 0 Å². The van der Waals surface area contributed by atoms with E-state index in [4.69, 9.17) is 5.73 Å². The average molecular weight is 655 g/mol. The molecule has 256 valence electrons. The van der Waals surface area contributed by atoms with Gasteiger partial charge >= 0.3 is 6.03 Å². The zero-order valence-corrected chi connectivity index (χ0v) is 29.1. The van der Waals surface area contributed by atoms with Crippen LogP contribution in [0.5, 0.6) is 0 Å². The van der Waals surface area contributed by atoms with Crippen molar-refractivity contribution in [2.24, 2.45) is 40.2 Å². The number of carbonyl (C=O) groups is 5. The van der Waals surface area contributed by atoms with E-state index in [1.807, 2.05) is 48.5 Å². The molecule has 7 atom stereocenters. The van der Waals surface area contributed by atoms with Gasteiger partial charge in [-0.05, 0) is 40.9 Å². The first-order valence-electron chi connectivity index (χ1n) is 16.0. The lowest BCUT2D eigenvalue weighted by molar-refractivity contribution is -0.145. The highest BCUT2D eigenvalue weighted by atomic mass is 32.2. The Morgan fingerprint density at radius 2 is 1.67 bits per heavy atom. The lowest BCUT2D eigenvalue weighted by Crippen LogP contribution is -2.62. The van der Waals surface area contributed by atoms with Crippen LogP contribution in [0.1, 0.15) is 80.6 Å². The highest BCUT2D eigenvalue weighted by molar-refractivity contribution is 7.88. The molecule has 1 aliphatic heterocycles. The minimum Gasteiger partial charge on any atom is -0.363 e. The van der Waals surface area contributed by atoms with Gasteiger partial charge in [0.05, 0.1) is 12.3 Å². The Bertz CT molecular complexity index is 1280. The Morgan fingerprint density at radius 1 is 1.07 bits per heavy atom. The normalized spacial score (nSPS) is 25.3. The van der Waals surface area contributed by atoms with Gasteiger partial charge in [0.2, 0.25) is 27.6 Å². The number of nitrogens with two attached hydrogens (primary N) is 1. The summed E-state index contributed by atoms with van der Waals surface area (Å²) in [5.41, 5.74) is 4.37. The molecule has 3 aliphatic rings. The largest absolute Gasteiger partial charge is 0.363 e. The fraction of sp³-hybridized carbons (Fsp3) is 0.839. The maximum Gasteiger partial charge on any atom is 0.315 e. The lowest BCUT2D eigenvalue weighted by atomic mass is 9.80. The molecular weight excluding hydrogens is 600 g/mol. The number of likely N-dealkylation sites (tertiary alicyclic amines) is 1. The van der Waals surface area contributed by atoms with Crippen LogP contribution in [0.4, 0.5) is 4.79 Å². The molecule has 13 nitrogen and oxygen atoms in total. The minimum absolute atomic E-state index is 0.0549. The molecule has 0 spiro atoms. The third-order valence-electron chi connectivity index (χ3n) is 10.5. The Labute approximate surface area is 268 Å². The Hall–Kier alpha value is -2.74. The minimum atomic E-state index is -3.48. The standard InChI is InChI=1S/C31H54N6O7S/c1-10-17(2)21(16-36(8)45(9,43)44)34-29(42)35-25(30(3,4)5)28(41)37-15-19-22(31(19,6)7)23(37)27(40)33-20(24(38)26(32)39)14-18-12-11-13-18/h17-23,25H,10-16H2,1-9H3,(H2,32,39)(H,33,40)(H2,34,35,42)/t17-,19-,20?,21+,22-,23-,25+/m0/s1. The molecule has 1 unspecified atom stereocenters. The van der Waals surface area contributed by atoms with Crippen molar-refractivity contribution in [2.75, 3.05) is 26.4 Å². The third kappa shape index (κ3) is 8.35. The van der Waals surface area contributed by atoms with Gasteiger partial charge in [-0.1, -0.05) is 74.1 Å². The summed E-state index contributed by atoms with van der Waals surface area (Å²) in [6.07, 6.45) is 4.96. The molecular formula is C31H54N6O7S. The van der Waals surface area contributed by atoms with E-state index in [-0.39, 0.29) is 35.6 Å². The van der Waals surface area contributed by atoms with Gasteiger partial charge in [0.25, 0.3) is 5.91 Å². The highest BCUT2D eigenvalue weighted by Gasteiger charge is 2.70. The second kappa shape index (κ2) is 13.5. The van der Waals surface area contributed by atoms with E-state index in [1.165, 1.54) is 16.3 Å². The number of rotatable bonds is 14. The third-order valence-corrected chi connectivity index (χ3v) is 11.8. The van der Waals surface area contributed by atoms with Crippen molar-refractivity contribution in [1.29, 1.82) is 0 Å². The SMILES string of the molecule is CC[C@H](C)[C@@H](CN(C)S(C)(=O)=O)NC(=O)N[C@H](C(=O)N1C[C@H]2[C@@H]([C@H]1C(=O)NC(CC1CCC1)C(=O)C(N)=O)C2(C)C)C(C)(C)C. The molecule has 0 aromatic carbocycles. The zero-order chi connectivity index (χ0) is 34.2. The number of hydrogen-bond donors (Lipinski definition) is 4. The van der Waals surface area contributed by atoms with Crippen LogP contribution in [0.15, 0.2) is 0 Å². The average Bonchev–Trinajstić information content (AvgIpc) is 3.21. The smallest absolute Gasteiger partial charge is 0.315 e. The number of nitrogens with one attached hydrogen (secondary N) is 3. The summed E-state index contributed by atoms with van der Waals surface area (Å²) < 4.78 is 25.3. The number of carbonyl (C=O) groups excluding carboxylic acids is 5. The maximum absolute atomic E-state index is 14.2. The van der Waals surface area contributed by atoms with Crippen molar-refractivity contribution in [3.05, 3.63) is 0 Å². The number of fused-ring (bicyclic) bond motifs is 1. The van der Waals surface area contributed by atoms with Crippen LogP contribution >= 0.6 is 0 Å². The van der Waals surface area contributed by atoms with Crippen LogP contribution in [0.2, 0.25) is 0 Å². The van der Waals surface area contributed by atoms with Gasteiger partial charge in [-0.3, -0.25) is 19.2 Å². The van der Waals surface area contributed by atoms with E-state index < -0.39 is 69.1 Å². The Kier molecular flexibility index (Phi) is 11.1. The molecule has 0 aromatic heterocycles. The van der Waals surface area contributed by atoms with E-state index >= 15 is 0 Å². The number of nitrogens with zero attached hydrogens (tertiary/aromatic N) is 2. The summed E-state index contributed by atoms with van der Waals surface area (Å²) in [5, 5.41) is 8.47. The van der Waals surface area contributed by atoms with Gasteiger partial charge in [0.15, 0.2) is 0 Å². The molecule has 2 saturated carbocycles. The summed E-state index contributed by atoms with van der Waals surface area (Å²) >= 11 is 0. The first-order valence-corrected chi connectivity index (χ1v) is 17.9. The van der Waals surface area contributed by atoms with Crippen LogP contribution in [-0.2, 0) is 29.2 Å². The van der Waals surface area contributed by atoms with Crippen molar-refractivity contribution >= 4 is 39.6 Å². The number of ketones is 1. The van der Waals surface area contributed by atoms with Gasteiger partial charge in [-0.15, -0.1) is 0 Å². The molecule has 1 heterocycles. The molecule has 5 amide bonds. The van der Waals surface area contributed by atoms with Crippen LogP contribution in [0.25, 0.3) is 0 Å². The van der Waals surface area contributed by atoms with Crippen molar-refractivity contribution < 1.29 is 32.4 Å². The molecule has 3 fully saturated rings. The van der Waals surface area contributed by atoms with E-state index in [9.17, 15) is 32.4 Å².